The molecule has 0 aliphatic carbocycles. The van der Waals surface area contributed by atoms with E-state index in [9.17, 15) is 4.79 Å². The molecule has 0 fully saturated rings. The number of carbonyl (C=O) groups is 1. The Morgan fingerprint density at radius 3 is 2.88 bits per heavy atom. The van der Waals surface area contributed by atoms with Crippen LogP contribution in [-0.2, 0) is 9.68 Å². The average Bonchev–Trinajstić information content (AvgIpc) is 1.83. The van der Waals surface area contributed by atoms with Crippen molar-refractivity contribution in [1.82, 2.24) is 5.32 Å². The number of hydrogen-bond donors (Lipinski definition) is 2. The SMILES string of the molecule is CCC(=O)NCOO. The number of hydrogen-bond acceptors (Lipinski definition) is 3. The molecule has 0 heterocycles. The fourth-order valence-electron chi connectivity index (χ4n) is 0.238. The van der Waals surface area contributed by atoms with Crippen molar-refractivity contribution in [2.45, 2.75) is 13.3 Å². The molecule has 0 aromatic rings. The van der Waals surface area contributed by atoms with Gasteiger partial charge >= 0.3 is 0 Å². The Balaban J connectivity index is 2.99. The van der Waals surface area contributed by atoms with Crippen LogP contribution in [0.2, 0.25) is 0 Å². The van der Waals surface area contributed by atoms with Crippen LogP contribution in [0.15, 0.2) is 0 Å². The lowest BCUT2D eigenvalue weighted by Crippen LogP contribution is -2.24. The zero-order valence-corrected chi connectivity index (χ0v) is 4.68. The summed E-state index contributed by atoms with van der Waals surface area (Å²) in [7, 11) is 0. The van der Waals surface area contributed by atoms with Crippen molar-refractivity contribution in [2.24, 2.45) is 0 Å². The molecule has 0 bridgehead atoms. The largest absolute Gasteiger partial charge is 0.331 e. The molecule has 0 atom stereocenters. The molecule has 0 saturated carbocycles. The number of amides is 1. The molecule has 0 aliphatic heterocycles. The van der Waals surface area contributed by atoms with E-state index in [0.29, 0.717) is 6.42 Å². The van der Waals surface area contributed by atoms with E-state index in [0.717, 1.165) is 0 Å². The van der Waals surface area contributed by atoms with E-state index in [2.05, 4.69) is 10.2 Å². The molecule has 0 saturated heterocycles. The summed E-state index contributed by atoms with van der Waals surface area (Å²) in [5.74, 6) is -0.140. The van der Waals surface area contributed by atoms with Crippen LogP contribution in [-0.4, -0.2) is 17.9 Å². The summed E-state index contributed by atoms with van der Waals surface area (Å²) in [4.78, 5) is 13.9. The third-order valence-electron chi connectivity index (χ3n) is 0.655. The molecule has 0 spiro atoms. The van der Waals surface area contributed by atoms with E-state index in [1.165, 1.54) is 0 Å². The maximum absolute atomic E-state index is 10.3. The van der Waals surface area contributed by atoms with Gasteiger partial charge in [0.1, 0.15) is 0 Å². The van der Waals surface area contributed by atoms with Gasteiger partial charge in [-0.25, -0.2) is 10.1 Å². The van der Waals surface area contributed by atoms with Gasteiger partial charge in [-0.1, -0.05) is 6.92 Å². The highest BCUT2D eigenvalue weighted by Crippen LogP contribution is 1.72. The summed E-state index contributed by atoms with van der Waals surface area (Å²) in [6.07, 6.45) is 0.406. The fraction of sp³-hybridized carbons (Fsp3) is 0.750. The van der Waals surface area contributed by atoms with Gasteiger partial charge in [0.2, 0.25) is 5.91 Å². The Bertz CT molecular complexity index is 73.7. The second kappa shape index (κ2) is 4.55. The van der Waals surface area contributed by atoms with Crippen LogP contribution in [0, 0.1) is 0 Å². The molecular weight excluding hydrogens is 110 g/mol. The van der Waals surface area contributed by atoms with Crippen LogP contribution < -0.4 is 5.32 Å². The van der Waals surface area contributed by atoms with Crippen LogP contribution in [0.4, 0.5) is 0 Å². The summed E-state index contributed by atoms with van der Waals surface area (Å²) in [6.45, 7) is 1.58. The minimum absolute atomic E-state index is 0.132. The predicted molar refractivity (Wildman–Crippen MR) is 27.0 cm³/mol. The summed E-state index contributed by atoms with van der Waals surface area (Å²) in [5, 5.41) is 9.97. The summed E-state index contributed by atoms with van der Waals surface area (Å²) >= 11 is 0. The zero-order valence-electron chi connectivity index (χ0n) is 4.68. The van der Waals surface area contributed by atoms with Gasteiger partial charge in [-0.2, -0.15) is 0 Å². The number of nitrogens with one attached hydrogen (secondary N) is 1. The van der Waals surface area contributed by atoms with Gasteiger partial charge in [0.15, 0.2) is 6.73 Å². The maximum Gasteiger partial charge on any atom is 0.221 e. The van der Waals surface area contributed by atoms with Gasteiger partial charge in [0.05, 0.1) is 0 Å². The number of carbonyl (C=O) groups excluding carboxylic acids is 1. The molecular formula is C4H9NO3. The minimum atomic E-state index is -0.140. The lowest BCUT2D eigenvalue weighted by molar-refractivity contribution is -0.246. The normalized spacial score (nSPS) is 8.75. The van der Waals surface area contributed by atoms with Gasteiger partial charge in [-0.05, 0) is 0 Å². The van der Waals surface area contributed by atoms with Crippen molar-refractivity contribution in [2.75, 3.05) is 6.73 Å². The highest BCUT2D eigenvalue weighted by Gasteiger charge is 1.91. The lowest BCUT2D eigenvalue weighted by atomic mass is 10.5. The second-order valence-electron chi connectivity index (χ2n) is 1.23. The summed E-state index contributed by atoms with van der Waals surface area (Å²) in [6, 6.07) is 0. The monoisotopic (exact) mass is 119 g/mol. The van der Waals surface area contributed by atoms with Crippen molar-refractivity contribution in [3.05, 3.63) is 0 Å². The van der Waals surface area contributed by atoms with Gasteiger partial charge in [0.25, 0.3) is 0 Å². The Hall–Kier alpha value is -0.610. The second-order valence-corrected chi connectivity index (χ2v) is 1.23. The average molecular weight is 119 g/mol. The van der Waals surface area contributed by atoms with E-state index < -0.39 is 0 Å². The van der Waals surface area contributed by atoms with Crippen molar-refractivity contribution in [1.29, 1.82) is 0 Å². The minimum Gasteiger partial charge on any atom is -0.331 e. The van der Waals surface area contributed by atoms with Crippen LogP contribution in [0.3, 0.4) is 0 Å². The molecule has 0 aromatic carbocycles. The first-order chi connectivity index (χ1) is 3.81. The lowest BCUT2D eigenvalue weighted by Gasteiger charge is -1.96. The Labute approximate surface area is 47.4 Å². The number of rotatable bonds is 3. The first-order valence-electron chi connectivity index (χ1n) is 2.34. The Morgan fingerprint density at radius 1 is 1.88 bits per heavy atom. The molecule has 8 heavy (non-hydrogen) atoms. The Morgan fingerprint density at radius 2 is 2.50 bits per heavy atom. The van der Waals surface area contributed by atoms with E-state index in [1.807, 2.05) is 0 Å². The third-order valence-corrected chi connectivity index (χ3v) is 0.655. The molecule has 0 aliphatic rings. The van der Waals surface area contributed by atoms with Gasteiger partial charge < -0.3 is 5.32 Å². The zero-order chi connectivity index (χ0) is 6.41. The molecule has 0 radical (unpaired) electrons. The highest BCUT2D eigenvalue weighted by atomic mass is 17.1. The molecule has 1 amide bonds. The third kappa shape index (κ3) is 3.58. The van der Waals surface area contributed by atoms with Crippen LogP contribution in [0.25, 0.3) is 0 Å². The van der Waals surface area contributed by atoms with E-state index in [1.54, 1.807) is 6.92 Å². The quantitative estimate of drug-likeness (QED) is 0.311. The van der Waals surface area contributed by atoms with E-state index in [4.69, 9.17) is 5.26 Å². The summed E-state index contributed by atoms with van der Waals surface area (Å²) < 4.78 is 0. The van der Waals surface area contributed by atoms with Crippen LogP contribution >= 0.6 is 0 Å². The Kier molecular flexibility index (Phi) is 4.20. The molecule has 0 unspecified atom stereocenters. The first-order valence-corrected chi connectivity index (χ1v) is 2.34. The molecule has 0 aromatic heterocycles. The van der Waals surface area contributed by atoms with E-state index in [-0.39, 0.29) is 12.6 Å². The maximum atomic E-state index is 10.3. The van der Waals surface area contributed by atoms with Crippen molar-refractivity contribution in [3.8, 4) is 0 Å². The predicted octanol–water partition coefficient (Wildman–Crippen LogP) is -0.0403. The van der Waals surface area contributed by atoms with Gasteiger partial charge in [-0.15, -0.1) is 0 Å². The first kappa shape index (κ1) is 7.39. The van der Waals surface area contributed by atoms with Crippen LogP contribution in [0.5, 0.6) is 0 Å². The van der Waals surface area contributed by atoms with Crippen LogP contribution in [0.1, 0.15) is 13.3 Å². The van der Waals surface area contributed by atoms with Crippen molar-refractivity contribution in [3.63, 3.8) is 0 Å². The standard InChI is InChI=1S/C4H9NO3/c1-2-4(6)5-3-8-7/h7H,2-3H2,1H3,(H,5,6). The van der Waals surface area contributed by atoms with Gasteiger partial charge in [-0.3, -0.25) is 4.79 Å². The van der Waals surface area contributed by atoms with E-state index >= 15 is 0 Å². The molecule has 4 nitrogen and oxygen atoms in total. The van der Waals surface area contributed by atoms with Gasteiger partial charge in [0, 0.05) is 6.42 Å². The summed E-state index contributed by atoms with van der Waals surface area (Å²) in [5.41, 5.74) is 0. The fourth-order valence-corrected chi connectivity index (χ4v) is 0.238. The molecule has 48 valence electrons. The smallest absolute Gasteiger partial charge is 0.221 e. The highest BCUT2D eigenvalue weighted by molar-refractivity contribution is 5.75. The molecule has 0 rings (SSSR count). The molecule has 4 heteroatoms. The molecule has 2 N–H and O–H groups in total. The van der Waals surface area contributed by atoms with Crippen molar-refractivity contribution < 1.29 is 14.9 Å². The topological polar surface area (TPSA) is 58.6 Å². The van der Waals surface area contributed by atoms with Crippen molar-refractivity contribution >= 4 is 5.91 Å².